The van der Waals surface area contributed by atoms with Crippen molar-refractivity contribution in [2.45, 2.75) is 19.4 Å². The number of ether oxygens (including phenoxy) is 2. The quantitative estimate of drug-likeness (QED) is 0.819. The number of nitrogens with zero attached hydrogens (tertiary/aromatic N) is 1. The summed E-state index contributed by atoms with van der Waals surface area (Å²) in [6.07, 6.45) is 0.101. The molecule has 1 heterocycles. The summed E-state index contributed by atoms with van der Waals surface area (Å²) in [5.74, 6) is 0.818. The Morgan fingerprint density at radius 1 is 1.12 bits per heavy atom. The van der Waals surface area contributed by atoms with Crippen molar-refractivity contribution in [3.63, 3.8) is 0 Å². The Balaban J connectivity index is 1.78. The van der Waals surface area contributed by atoms with Gasteiger partial charge in [0.1, 0.15) is 17.5 Å². The van der Waals surface area contributed by atoms with Gasteiger partial charge in [-0.1, -0.05) is 12.1 Å². The lowest BCUT2D eigenvalue weighted by Crippen LogP contribution is -2.34. The lowest BCUT2D eigenvalue weighted by Gasteiger charge is -2.17. The van der Waals surface area contributed by atoms with Crippen molar-refractivity contribution < 1.29 is 19.1 Å². The Hall–Kier alpha value is -3.02. The van der Waals surface area contributed by atoms with E-state index in [0.29, 0.717) is 29.5 Å². The van der Waals surface area contributed by atoms with Crippen molar-refractivity contribution in [3.05, 3.63) is 48.5 Å². The fourth-order valence-corrected chi connectivity index (χ4v) is 2.83. The van der Waals surface area contributed by atoms with E-state index < -0.39 is 6.04 Å². The molecule has 1 saturated heterocycles. The van der Waals surface area contributed by atoms with E-state index in [1.165, 1.54) is 4.90 Å². The van der Waals surface area contributed by atoms with Crippen LogP contribution in [-0.2, 0) is 9.59 Å². The molecule has 0 saturated carbocycles. The number of carbonyl (C=O) groups is 2. The zero-order chi connectivity index (χ0) is 17.8. The van der Waals surface area contributed by atoms with E-state index in [1.54, 1.807) is 37.4 Å². The first-order valence-corrected chi connectivity index (χ1v) is 8.13. The highest BCUT2D eigenvalue weighted by atomic mass is 16.5. The first kappa shape index (κ1) is 16.8. The van der Waals surface area contributed by atoms with Gasteiger partial charge in [0.25, 0.3) is 5.91 Å². The van der Waals surface area contributed by atoms with Gasteiger partial charge in [0.15, 0.2) is 0 Å². The molecule has 1 aliphatic rings. The van der Waals surface area contributed by atoms with Crippen LogP contribution in [-0.4, -0.2) is 31.6 Å². The Kier molecular flexibility index (Phi) is 4.88. The smallest absolute Gasteiger partial charge is 0.256 e. The van der Waals surface area contributed by atoms with E-state index in [4.69, 9.17) is 9.47 Å². The monoisotopic (exact) mass is 340 g/mol. The van der Waals surface area contributed by atoms with E-state index in [2.05, 4.69) is 5.32 Å². The second kappa shape index (κ2) is 7.25. The molecule has 2 aromatic carbocycles. The SMILES string of the molecule is CCOc1ccc(N2C(=O)CC(Nc3ccccc3OC)C2=O)cc1. The number of para-hydroxylation sites is 2. The van der Waals surface area contributed by atoms with Gasteiger partial charge in [-0.25, -0.2) is 4.90 Å². The van der Waals surface area contributed by atoms with Crippen molar-refractivity contribution in [3.8, 4) is 11.5 Å². The molecule has 0 spiro atoms. The summed E-state index contributed by atoms with van der Waals surface area (Å²) < 4.78 is 10.7. The van der Waals surface area contributed by atoms with Gasteiger partial charge in [-0.2, -0.15) is 0 Å². The predicted molar refractivity (Wildman–Crippen MR) is 95.1 cm³/mol. The summed E-state index contributed by atoms with van der Waals surface area (Å²) in [6, 6.07) is 13.6. The van der Waals surface area contributed by atoms with Gasteiger partial charge in [0.05, 0.1) is 31.5 Å². The average molecular weight is 340 g/mol. The molecule has 2 amide bonds. The van der Waals surface area contributed by atoms with Crippen molar-refractivity contribution in [1.29, 1.82) is 0 Å². The zero-order valence-electron chi connectivity index (χ0n) is 14.2. The lowest BCUT2D eigenvalue weighted by atomic mass is 10.2. The normalized spacial score (nSPS) is 16.9. The minimum atomic E-state index is -0.615. The maximum atomic E-state index is 12.7. The molecule has 0 bridgehead atoms. The standard InChI is InChI=1S/C19H20N2O4/c1-3-25-14-10-8-13(9-11-14)21-18(22)12-16(19(21)23)20-15-6-4-5-7-17(15)24-2/h4-11,16,20H,3,12H2,1-2H3. The highest BCUT2D eigenvalue weighted by Crippen LogP contribution is 2.29. The number of amides is 2. The average Bonchev–Trinajstić information content (AvgIpc) is 2.90. The fourth-order valence-electron chi connectivity index (χ4n) is 2.83. The van der Waals surface area contributed by atoms with Gasteiger partial charge in [0, 0.05) is 0 Å². The van der Waals surface area contributed by atoms with Crippen LogP contribution in [0.3, 0.4) is 0 Å². The third-order valence-corrected chi connectivity index (χ3v) is 3.99. The summed E-state index contributed by atoms with van der Waals surface area (Å²) >= 11 is 0. The van der Waals surface area contributed by atoms with Crippen molar-refractivity contribution in [2.75, 3.05) is 23.9 Å². The van der Waals surface area contributed by atoms with E-state index in [-0.39, 0.29) is 18.2 Å². The molecule has 3 rings (SSSR count). The van der Waals surface area contributed by atoms with E-state index in [9.17, 15) is 9.59 Å². The van der Waals surface area contributed by atoms with Crippen molar-refractivity contribution in [1.82, 2.24) is 0 Å². The number of carbonyl (C=O) groups excluding carboxylic acids is 2. The van der Waals surface area contributed by atoms with Crippen LogP contribution in [0.5, 0.6) is 11.5 Å². The molecule has 0 aromatic heterocycles. The van der Waals surface area contributed by atoms with Crippen LogP contribution in [0.25, 0.3) is 0 Å². The Labute approximate surface area is 146 Å². The summed E-state index contributed by atoms with van der Waals surface area (Å²) in [4.78, 5) is 26.3. The van der Waals surface area contributed by atoms with E-state index in [1.807, 2.05) is 25.1 Å². The highest BCUT2D eigenvalue weighted by molar-refractivity contribution is 6.23. The van der Waals surface area contributed by atoms with Crippen LogP contribution in [0.15, 0.2) is 48.5 Å². The molecule has 0 aliphatic carbocycles. The summed E-state index contributed by atoms with van der Waals surface area (Å²) in [6.45, 7) is 2.46. The molecule has 0 radical (unpaired) electrons. The number of benzene rings is 2. The number of rotatable bonds is 6. The number of hydrogen-bond acceptors (Lipinski definition) is 5. The lowest BCUT2D eigenvalue weighted by molar-refractivity contribution is -0.121. The van der Waals surface area contributed by atoms with Crippen LogP contribution in [0.1, 0.15) is 13.3 Å². The minimum Gasteiger partial charge on any atom is -0.495 e. The van der Waals surface area contributed by atoms with E-state index in [0.717, 1.165) is 0 Å². The molecule has 25 heavy (non-hydrogen) atoms. The molecule has 1 atom stereocenters. The van der Waals surface area contributed by atoms with Gasteiger partial charge < -0.3 is 14.8 Å². The first-order chi connectivity index (χ1) is 12.1. The van der Waals surface area contributed by atoms with Crippen LogP contribution in [0, 0.1) is 0 Å². The van der Waals surface area contributed by atoms with Crippen LogP contribution in [0.2, 0.25) is 0 Å². The van der Waals surface area contributed by atoms with Gasteiger partial charge >= 0.3 is 0 Å². The molecular formula is C19H20N2O4. The number of methoxy groups -OCH3 is 1. The third kappa shape index (κ3) is 3.42. The van der Waals surface area contributed by atoms with Crippen molar-refractivity contribution >= 4 is 23.2 Å². The molecule has 1 unspecified atom stereocenters. The second-order valence-corrected chi connectivity index (χ2v) is 5.60. The van der Waals surface area contributed by atoms with Gasteiger partial charge in [0.2, 0.25) is 5.91 Å². The highest BCUT2D eigenvalue weighted by Gasteiger charge is 2.39. The van der Waals surface area contributed by atoms with Gasteiger partial charge in [-0.3, -0.25) is 9.59 Å². The number of anilines is 2. The topological polar surface area (TPSA) is 67.9 Å². The molecule has 2 aromatic rings. The summed E-state index contributed by atoms with van der Waals surface area (Å²) in [5.41, 5.74) is 1.23. The Bertz CT molecular complexity index is 773. The third-order valence-electron chi connectivity index (χ3n) is 3.99. The van der Waals surface area contributed by atoms with Crippen LogP contribution >= 0.6 is 0 Å². The first-order valence-electron chi connectivity index (χ1n) is 8.13. The number of hydrogen-bond donors (Lipinski definition) is 1. The summed E-state index contributed by atoms with van der Waals surface area (Å²) in [5, 5.41) is 3.11. The molecular weight excluding hydrogens is 320 g/mol. The minimum absolute atomic E-state index is 0.101. The Morgan fingerprint density at radius 3 is 2.52 bits per heavy atom. The molecule has 1 aliphatic heterocycles. The maximum absolute atomic E-state index is 12.7. The van der Waals surface area contributed by atoms with Crippen LogP contribution in [0.4, 0.5) is 11.4 Å². The van der Waals surface area contributed by atoms with Gasteiger partial charge in [-0.05, 0) is 43.3 Å². The summed E-state index contributed by atoms with van der Waals surface area (Å²) in [7, 11) is 1.56. The Morgan fingerprint density at radius 2 is 1.84 bits per heavy atom. The zero-order valence-corrected chi connectivity index (χ0v) is 14.2. The number of imide groups is 1. The van der Waals surface area contributed by atoms with Crippen molar-refractivity contribution in [2.24, 2.45) is 0 Å². The molecule has 1 fully saturated rings. The molecule has 6 heteroatoms. The molecule has 6 nitrogen and oxygen atoms in total. The fraction of sp³-hybridized carbons (Fsp3) is 0.263. The maximum Gasteiger partial charge on any atom is 0.256 e. The number of nitrogens with one attached hydrogen (secondary N) is 1. The van der Waals surface area contributed by atoms with E-state index >= 15 is 0 Å². The predicted octanol–water partition coefficient (Wildman–Crippen LogP) is 2.84. The largest absolute Gasteiger partial charge is 0.495 e. The molecule has 1 N–H and O–H groups in total. The molecule has 130 valence electrons. The second-order valence-electron chi connectivity index (χ2n) is 5.60. The van der Waals surface area contributed by atoms with Crippen LogP contribution < -0.4 is 19.7 Å². The van der Waals surface area contributed by atoms with Gasteiger partial charge in [-0.15, -0.1) is 0 Å².